The minimum atomic E-state index is 0.763. The molecule has 2 N–H and O–H groups in total. The number of nitrogens with two attached hydrogens (primary N) is 1. The molecule has 0 unspecified atom stereocenters. The Kier molecular flexibility index (Phi) is 2.73. The molecule has 4 heteroatoms. The quantitative estimate of drug-likeness (QED) is 0.531. The third-order valence-corrected chi connectivity index (χ3v) is 2.51. The van der Waals surface area contributed by atoms with Crippen LogP contribution in [0.5, 0.6) is 0 Å². The molecule has 0 radical (unpaired) electrons. The minimum Gasteiger partial charge on any atom is -0.396 e. The molecule has 0 fully saturated rings. The summed E-state index contributed by atoms with van der Waals surface area (Å²) in [6.07, 6.45) is 3.93. The lowest BCUT2D eigenvalue weighted by atomic mass is 9.93. The maximum atomic E-state index is 6.11. The van der Waals surface area contributed by atoms with Crippen molar-refractivity contribution in [2.45, 2.75) is 6.92 Å². The van der Waals surface area contributed by atoms with Crippen molar-refractivity contribution in [3.05, 3.63) is 35.4 Å². The van der Waals surface area contributed by atoms with Crippen molar-refractivity contribution in [1.82, 2.24) is 4.98 Å². The predicted molar refractivity (Wildman–Crippen MR) is 76.5 cm³/mol. The molecule has 0 aliphatic heterocycles. The van der Waals surface area contributed by atoms with Crippen LogP contribution in [0.25, 0.3) is 17.0 Å². The fourth-order valence-corrected chi connectivity index (χ4v) is 1.79. The molecular formula is C12H14B2N2. The molecule has 1 aromatic carbocycles. The summed E-state index contributed by atoms with van der Waals surface area (Å²) in [6, 6.07) is 6.22. The Balaban J connectivity index is 2.70. The van der Waals surface area contributed by atoms with Crippen molar-refractivity contribution < 1.29 is 0 Å². The van der Waals surface area contributed by atoms with Gasteiger partial charge in [0.25, 0.3) is 0 Å². The summed E-state index contributed by atoms with van der Waals surface area (Å²) in [6.45, 7) is 2.06. The van der Waals surface area contributed by atoms with Crippen LogP contribution in [0.15, 0.2) is 29.9 Å². The van der Waals surface area contributed by atoms with Crippen LogP contribution in [0.2, 0.25) is 0 Å². The molecule has 0 bridgehead atoms. The molecule has 0 aliphatic rings. The number of pyridine rings is 1. The minimum absolute atomic E-state index is 0.763. The molecule has 1 aromatic heterocycles. The number of anilines is 1. The maximum Gasteiger partial charge on any atom is 0.141 e. The number of nitrogens with zero attached hydrogens (tertiary/aromatic N) is 1. The second-order valence-corrected chi connectivity index (χ2v) is 4.37. The summed E-state index contributed by atoms with van der Waals surface area (Å²) in [5.74, 6) is 0. The molecule has 0 saturated heterocycles. The zero-order valence-corrected chi connectivity index (χ0v) is 9.91. The average molecular weight is 208 g/mol. The van der Waals surface area contributed by atoms with Gasteiger partial charge in [0.05, 0.1) is 11.2 Å². The van der Waals surface area contributed by atoms with Gasteiger partial charge in [0.15, 0.2) is 0 Å². The van der Waals surface area contributed by atoms with E-state index in [1.165, 1.54) is 5.47 Å². The van der Waals surface area contributed by atoms with E-state index in [-0.39, 0.29) is 0 Å². The maximum absolute atomic E-state index is 6.11. The molecule has 0 amide bonds. The number of hydrogen-bond donors (Lipinski definition) is 1. The Hall–Kier alpha value is -1.70. The van der Waals surface area contributed by atoms with Gasteiger partial charge in [-0.3, -0.25) is 4.98 Å². The molecule has 0 saturated carbocycles. The topological polar surface area (TPSA) is 38.9 Å². The van der Waals surface area contributed by atoms with Crippen molar-refractivity contribution in [2.75, 3.05) is 5.73 Å². The van der Waals surface area contributed by atoms with Gasteiger partial charge < -0.3 is 5.73 Å². The highest BCUT2D eigenvalue weighted by Crippen LogP contribution is 2.23. The van der Waals surface area contributed by atoms with E-state index in [4.69, 9.17) is 5.73 Å². The van der Waals surface area contributed by atoms with Gasteiger partial charge in [0.2, 0.25) is 0 Å². The molecule has 78 valence electrons. The molecular weight excluding hydrogens is 194 g/mol. The van der Waals surface area contributed by atoms with Crippen molar-refractivity contribution in [3.63, 3.8) is 0 Å². The zero-order chi connectivity index (χ0) is 11.7. The Labute approximate surface area is 97.4 Å². The summed E-state index contributed by atoms with van der Waals surface area (Å²) < 4.78 is 0. The van der Waals surface area contributed by atoms with Crippen molar-refractivity contribution in [3.8, 4) is 0 Å². The summed E-state index contributed by atoms with van der Waals surface area (Å²) in [7, 11) is 4.10. The predicted octanol–water partition coefficient (Wildman–Crippen LogP) is 0.0693. The van der Waals surface area contributed by atoms with Crippen LogP contribution < -0.4 is 11.2 Å². The fourth-order valence-electron chi connectivity index (χ4n) is 1.79. The monoisotopic (exact) mass is 208 g/mol. The first-order valence-electron chi connectivity index (χ1n) is 5.37. The van der Waals surface area contributed by atoms with Gasteiger partial charge in [-0.1, -0.05) is 36.7 Å². The van der Waals surface area contributed by atoms with E-state index < -0.39 is 0 Å². The average Bonchev–Trinajstić information content (AvgIpc) is 2.22. The van der Waals surface area contributed by atoms with E-state index >= 15 is 0 Å². The van der Waals surface area contributed by atoms with Crippen LogP contribution in [0.4, 0.5) is 5.69 Å². The standard InChI is InChI=1S/C12H14B2N2/c1-7(13)4-8-2-3-9-5-10(14)6-16-12(9)11(8)15/h2-6H,13-15H2,1H3/b7-4+. The molecule has 0 aliphatic carbocycles. The lowest BCUT2D eigenvalue weighted by Gasteiger charge is -2.06. The Bertz CT molecular complexity index is 572. The molecule has 1 heterocycles. The lowest BCUT2D eigenvalue weighted by molar-refractivity contribution is 1.43. The summed E-state index contributed by atoms with van der Waals surface area (Å²) in [5, 5.41) is 1.10. The summed E-state index contributed by atoms with van der Waals surface area (Å²) >= 11 is 0. The van der Waals surface area contributed by atoms with E-state index in [0.29, 0.717) is 0 Å². The first kappa shape index (κ1) is 10.8. The van der Waals surface area contributed by atoms with Crippen LogP contribution in [0.3, 0.4) is 0 Å². The van der Waals surface area contributed by atoms with Gasteiger partial charge in [0, 0.05) is 11.6 Å². The highest BCUT2D eigenvalue weighted by Gasteiger charge is 2.03. The molecule has 2 nitrogen and oxygen atoms in total. The van der Waals surface area contributed by atoms with Gasteiger partial charge in [-0.05, 0) is 5.56 Å². The normalized spacial score (nSPS) is 11.9. The zero-order valence-electron chi connectivity index (χ0n) is 9.91. The Morgan fingerprint density at radius 2 is 2.19 bits per heavy atom. The van der Waals surface area contributed by atoms with Crippen LogP contribution in [-0.4, -0.2) is 20.7 Å². The van der Waals surface area contributed by atoms with Crippen LogP contribution >= 0.6 is 0 Å². The molecule has 16 heavy (non-hydrogen) atoms. The second kappa shape index (κ2) is 4.05. The van der Waals surface area contributed by atoms with Crippen LogP contribution in [-0.2, 0) is 0 Å². The molecule has 2 aromatic rings. The van der Waals surface area contributed by atoms with Gasteiger partial charge >= 0.3 is 0 Å². The van der Waals surface area contributed by atoms with E-state index in [9.17, 15) is 0 Å². The number of allylic oxidation sites excluding steroid dienone is 1. The third-order valence-electron chi connectivity index (χ3n) is 2.51. The van der Waals surface area contributed by atoms with E-state index in [1.807, 2.05) is 20.1 Å². The van der Waals surface area contributed by atoms with Gasteiger partial charge in [-0.15, -0.1) is 5.47 Å². The van der Waals surface area contributed by atoms with Crippen molar-refractivity contribution in [1.29, 1.82) is 0 Å². The smallest absolute Gasteiger partial charge is 0.141 e. The van der Waals surface area contributed by atoms with Gasteiger partial charge in [-0.2, -0.15) is 0 Å². The first-order chi connectivity index (χ1) is 7.58. The molecule has 0 spiro atoms. The van der Waals surface area contributed by atoms with E-state index in [2.05, 4.69) is 38.0 Å². The molecule has 2 rings (SSSR count). The lowest BCUT2D eigenvalue weighted by Crippen LogP contribution is -2.04. The first-order valence-corrected chi connectivity index (χ1v) is 5.37. The summed E-state index contributed by atoms with van der Waals surface area (Å²) in [4.78, 5) is 4.39. The number of nitrogen functional groups attached to an aromatic ring is 1. The second-order valence-electron chi connectivity index (χ2n) is 4.37. The van der Waals surface area contributed by atoms with Crippen LogP contribution in [0, 0.1) is 0 Å². The fraction of sp³-hybridized carbons (Fsp3) is 0.0833. The number of aromatic nitrogens is 1. The van der Waals surface area contributed by atoms with E-state index in [1.54, 1.807) is 0 Å². The number of fused-ring (bicyclic) bond motifs is 1. The third kappa shape index (κ3) is 1.96. The SMILES string of the molecule is B/C(C)=C/c1ccc2cc(B)cnc2c1N. The Morgan fingerprint density at radius 1 is 1.44 bits per heavy atom. The van der Waals surface area contributed by atoms with E-state index in [0.717, 1.165) is 27.6 Å². The van der Waals surface area contributed by atoms with Crippen LogP contribution in [0.1, 0.15) is 12.5 Å². The number of rotatable bonds is 1. The van der Waals surface area contributed by atoms with Gasteiger partial charge in [0.1, 0.15) is 15.7 Å². The Morgan fingerprint density at radius 3 is 2.88 bits per heavy atom. The van der Waals surface area contributed by atoms with Gasteiger partial charge in [-0.25, -0.2) is 0 Å². The van der Waals surface area contributed by atoms with Crippen molar-refractivity contribution in [2.24, 2.45) is 0 Å². The highest BCUT2D eigenvalue weighted by atomic mass is 14.7. The van der Waals surface area contributed by atoms with Crippen molar-refractivity contribution >= 4 is 43.8 Å². The number of hydrogen-bond acceptors (Lipinski definition) is 2. The highest BCUT2D eigenvalue weighted by molar-refractivity contribution is 6.33. The largest absolute Gasteiger partial charge is 0.396 e. The molecule has 0 atom stereocenters. The summed E-state index contributed by atoms with van der Waals surface area (Å²) in [5.41, 5.74) is 11.2. The number of benzene rings is 1.